The van der Waals surface area contributed by atoms with Crippen molar-refractivity contribution in [2.24, 2.45) is 0 Å². The monoisotopic (exact) mass is 459 g/mol. The van der Waals surface area contributed by atoms with Gasteiger partial charge in [0.1, 0.15) is 11.4 Å². The smallest absolute Gasteiger partial charge is 0.387 e. The Morgan fingerprint density at radius 3 is 2.65 bits per heavy atom. The number of halogens is 2. The van der Waals surface area contributed by atoms with E-state index in [1.165, 1.54) is 12.1 Å². The van der Waals surface area contributed by atoms with Gasteiger partial charge in [0, 0.05) is 17.8 Å². The second kappa shape index (κ2) is 9.14. The zero-order valence-corrected chi connectivity index (χ0v) is 17.8. The van der Waals surface area contributed by atoms with Crippen molar-refractivity contribution in [1.29, 1.82) is 0 Å². The Balaban J connectivity index is 1.25. The molecule has 5 aromatic rings. The molecule has 0 aliphatic carbocycles. The molecule has 170 valence electrons. The lowest BCUT2D eigenvalue weighted by molar-refractivity contribution is -0.0498. The van der Waals surface area contributed by atoms with Crippen molar-refractivity contribution in [3.05, 3.63) is 96.3 Å². The summed E-state index contributed by atoms with van der Waals surface area (Å²) in [5.41, 5.74) is 2.51. The minimum Gasteiger partial charge on any atom is -0.435 e. The molecule has 2 N–H and O–H groups in total. The number of hydrogen-bond acceptors (Lipinski definition) is 4. The quantitative estimate of drug-likeness (QED) is 0.345. The molecule has 1 amide bonds. The minimum atomic E-state index is -2.89. The summed E-state index contributed by atoms with van der Waals surface area (Å²) in [4.78, 5) is 12.6. The van der Waals surface area contributed by atoms with Gasteiger partial charge < -0.3 is 10.1 Å². The lowest BCUT2D eigenvalue weighted by atomic mass is 10.0. The van der Waals surface area contributed by atoms with Gasteiger partial charge in [-0.15, -0.1) is 0 Å². The first-order valence-electron chi connectivity index (χ1n) is 10.5. The number of H-pyrrole nitrogens is 1. The molecule has 0 radical (unpaired) electrons. The van der Waals surface area contributed by atoms with Gasteiger partial charge in [0.25, 0.3) is 5.91 Å². The molecule has 0 fully saturated rings. The summed E-state index contributed by atoms with van der Waals surface area (Å²) in [6, 6.07) is 23.6. The molecule has 0 bridgehead atoms. The maximum absolute atomic E-state index is 12.6. The molecule has 2 heterocycles. The average Bonchev–Trinajstić information content (AvgIpc) is 3.50. The topological polar surface area (TPSA) is 84.8 Å². The van der Waals surface area contributed by atoms with E-state index in [1.807, 2.05) is 18.2 Å². The lowest BCUT2D eigenvalue weighted by Crippen LogP contribution is -2.13. The van der Waals surface area contributed by atoms with Crippen LogP contribution in [0.2, 0.25) is 0 Å². The number of alkyl halides is 2. The van der Waals surface area contributed by atoms with Crippen LogP contribution in [0.5, 0.6) is 5.75 Å². The van der Waals surface area contributed by atoms with Crippen LogP contribution in [0.15, 0.2) is 85.1 Å². The van der Waals surface area contributed by atoms with Crippen LogP contribution in [-0.4, -0.2) is 32.5 Å². The zero-order valence-electron chi connectivity index (χ0n) is 17.8. The Kier molecular flexibility index (Phi) is 5.73. The molecule has 3 aromatic carbocycles. The van der Waals surface area contributed by atoms with Crippen LogP contribution in [0, 0.1) is 0 Å². The third-order valence-corrected chi connectivity index (χ3v) is 5.29. The van der Waals surface area contributed by atoms with Gasteiger partial charge in [-0.05, 0) is 46.7 Å². The van der Waals surface area contributed by atoms with Gasteiger partial charge in [0.2, 0.25) is 0 Å². The van der Waals surface area contributed by atoms with Crippen molar-refractivity contribution in [2.45, 2.75) is 13.2 Å². The van der Waals surface area contributed by atoms with Crippen LogP contribution in [0.1, 0.15) is 16.1 Å². The van der Waals surface area contributed by atoms with E-state index in [9.17, 15) is 13.6 Å². The highest BCUT2D eigenvalue weighted by atomic mass is 19.3. The second-order valence-electron chi connectivity index (χ2n) is 7.56. The minimum absolute atomic E-state index is 0.0475. The number of benzene rings is 3. The van der Waals surface area contributed by atoms with E-state index in [0.717, 1.165) is 16.3 Å². The molecular weight excluding hydrogens is 440 g/mol. The van der Waals surface area contributed by atoms with Crippen molar-refractivity contribution in [2.75, 3.05) is 5.32 Å². The van der Waals surface area contributed by atoms with Crippen molar-refractivity contribution in [1.82, 2.24) is 20.0 Å². The number of ether oxygens (including phenoxy) is 1. The number of anilines is 1. The molecular formula is C25H19F2N5O2. The Bertz CT molecular complexity index is 1440. The van der Waals surface area contributed by atoms with Crippen LogP contribution in [-0.2, 0) is 6.54 Å². The van der Waals surface area contributed by atoms with E-state index in [-0.39, 0.29) is 11.4 Å². The molecule has 5 rings (SSSR count). The molecule has 0 aliphatic heterocycles. The molecule has 7 nitrogen and oxygen atoms in total. The Labute approximate surface area is 193 Å². The highest BCUT2D eigenvalue weighted by molar-refractivity contribution is 6.02. The number of aromatic nitrogens is 4. The molecule has 0 atom stereocenters. The molecule has 0 aliphatic rings. The molecule has 0 saturated heterocycles. The second-order valence-corrected chi connectivity index (χ2v) is 7.56. The molecule has 0 spiro atoms. The molecule has 2 aromatic heterocycles. The maximum atomic E-state index is 12.6. The Morgan fingerprint density at radius 1 is 1.03 bits per heavy atom. The third kappa shape index (κ3) is 4.63. The number of nitrogens with zero attached hydrogens (tertiary/aromatic N) is 3. The van der Waals surface area contributed by atoms with Crippen molar-refractivity contribution < 1.29 is 18.3 Å². The summed E-state index contributed by atoms with van der Waals surface area (Å²) in [6.07, 6.45) is 1.80. The van der Waals surface area contributed by atoms with Crippen LogP contribution in [0.4, 0.5) is 14.6 Å². The normalized spacial score (nSPS) is 11.1. The van der Waals surface area contributed by atoms with E-state index in [0.29, 0.717) is 23.6 Å². The van der Waals surface area contributed by atoms with Crippen molar-refractivity contribution >= 4 is 22.5 Å². The molecule has 0 saturated carbocycles. The fourth-order valence-corrected chi connectivity index (χ4v) is 3.70. The highest BCUT2D eigenvalue weighted by Crippen LogP contribution is 2.23. The number of fused-ring (bicyclic) bond motifs is 1. The summed E-state index contributed by atoms with van der Waals surface area (Å²) in [5, 5.41) is 16.3. The van der Waals surface area contributed by atoms with Gasteiger partial charge in [-0.1, -0.05) is 42.5 Å². The number of aromatic amines is 1. The van der Waals surface area contributed by atoms with E-state index >= 15 is 0 Å². The number of amides is 1. The summed E-state index contributed by atoms with van der Waals surface area (Å²) < 4.78 is 30.7. The van der Waals surface area contributed by atoms with E-state index in [1.54, 1.807) is 35.1 Å². The Hall–Kier alpha value is -4.53. The number of nitrogens with one attached hydrogen (secondary N) is 2. The summed E-state index contributed by atoms with van der Waals surface area (Å²) in [7, 11) is 0. The first-order valence-corrected chi connectivity index (χ1v) is 10.5. The number of rotatable bonds is 7. The van der Waals surface area contributed by atoms with E-state index in [2.05, 4.69) is 49.6 Å². The van der Waals surface area contributed by atoms with Gasteiger partial charge in [-0.25, -0.2) is 0 Å². The van der Waals surface area contributed by atoms with Gasteiger partial charge in [0.05, 0.1) is 12.2 Å². The fraction of sp³-hybridized carbons (Fsp3) is 0.0800. The molecule has 34 heavy (non-hydrogen) atoms. The summed E-state index contributed by atoms with van der Waals surface area (Å²) >= 11 is 0. The van der Waals surface area contributed by atoms with Gasteiger partial charge in [-0.2, -0.15) is 19.0 Å². The van der Waals surface area contributed by atoms with E-state index in [4.69, 9.17) is 0 Å². The van der Waals surface area contributed by atoms with E-state index < -0.39 is 12.5 Å². The first-order chi connectivity index (χ1) is 16.5. The number of hydrogen-bond donors (Lipinski definition) is 2. The standard InChI is InChI=1S/C25H19F2N5O2/c26-25(27)34-19-10-8-17(9-11-19)21-14-22(30-29-21)24(33)28-23-12-13-32(31-23)15-18-6-3-5-16-4-1-2-7-20(16)18/h1-14,25H,15H2,(H,29,30)(H,28,31,33). The first kappa shape index (κ1) is 21.3. The van der Waals surface area contributed by atoms with Crippen molar-refractivity contribution in [3.63, 3.8) is 0 Å². The number of carbonyl (C=O) groups is 1. The fourth-order valence-electron chi connectivity index (χ4n) is 3.70. The zero-order chi connectivity index (χ0) is 23.5. The van der Waals surface area contributed by atoms with Crippen molar-refractivity contribution in [3.8, 4) is 17.0 Å². The highest BCUT2D eigenvalue weighted by Gasteiger charge is 2.13. The molecule has 9 heteroatoms. The predicted octanol–water partition coefficient (Wildman–Crippen LogP) is 5.33. The van der Waals surface area contributed by atoms with Crippen LogP contribution < -0.4 is 10.1 Å². The van der Waals surface area contributed by atoms with Gasteiger partial charge >= 0.3 is 6.61 Å². The SMILES string of the molecule is O=C(Nc1ccn(Cc2cccc3ccccc23)n1)c1cc(-c2ccc(OC(F)F)cc2)n[nH]1. The predicted molar refractivity (Wildman–Crippen MR) is 124 cm³/mol. The largest absolute Gasteiger partial charge is 0.435 e. The molecule has 0 unspecified atom stereocenters. The lowest BCUT2D eigenvalue weighted by Gasteiger charge is -2.06. The van der Waals surface area contributed by atoms with Gasteiger partial charge in [-0.3, -0.25) is 14.6 Å². The van der Waals surface area contributed by atoms with Crippen LogP contribution in [0.25, 0.3) is 22.0 Å². The maximum Gasteiger partial charge on any atom is 0.387 e. The van der Waals surface area contributed by atoms with Gasteiger partial charge in [0.15, 0.2) is 5.82 Å². The number of carbonyl (C=O) groups excluding carboxylic acids is 1. The summed E-state index contributed by atoms with van der Waals surface area (Å²) in [6.45, 7) is -2.32. The van der Waals surface area contributed by atoms with Crippen LogP contribution in [0.3, 0.4) is 0 Å². The third-order valence-electron chi connectivity index (χ3n) is 5.29. The average molecular weight is 459 g/mol. The summed E-state index contributed by atoms with van der Waals surface area (Å²) in [5.74, 6) is 0.0630. The van der Waals surface area contributed by atoms with Crippen LogP contribution >= 0.6 is 0 Å². The Morgan fingerprint density at radius 2 is 1.82 bits per heavy atom.